The molecule has 1 aliphatic rings. The topological polar surface area (TPSA) is 94.1 Å². The highest BCUT2D eigenvalue weighted by Crippen LogP contribution is 2.39. The van der Waals surface area contributed by atoms with Gasteiger partial charge in [0.05, 0.1) is 24.8 Å². The van der Waals surface area contributed by atoms with E-state index >= 15 is 0 Å². The van der Waals surface area contributed by atoms with Gasteiger partial charge >= 0.3 is 0 Å². The van der Waals surface area contributed by atoms with Crippen molar-refractivity contribution in [2.45, 2.75) is 0 Å². The molecule has 0 bridgehead atoms. The molecule has 0 spiro atoms. The number of hydrogen-bond acceptors (Lipinski definition) is 7. The summed E-state index contributed by atoms with van der Waals surface area (Å²) < 4.78 is 10.3. The molecule has 1 saturated heterocycles. The Labute approximate surface area is 169 Å². The summed E-state index contributed by atoms with van der Waals surface area (Å²) in [6.45, 7) is 5.69. The Bertz CT molecular complexity index is 996. The zero-order chi connectivity index (χ0) is 20.4. The molecule has 2 aromatic carbocycles. The van der Waals surface area contributed by atoms with Crippen molar-refractivity contribution in [2.24, 2.45) is 0 Å². The fourth-order valence-electron chi connectivity index (χ4n) is 3.66. The standard InChI is InChI=1S/C21H26N4O4/c1-28-10-9-24-5-7-25(8-6-24)15-3-4-16-17(13-15)23-21(22-16)14-11-18(26)20(27)19(12-14)29-2/h3-4,11-13,26-27H,5-10H2,1-2H3,(H,22,23). The van der Waals surface area contributed by atoms with Gasteiger partial charge in [0.1, 0.15) is 5.82 Å². The number of benzene rings is 2. The van der Waals surface area contributed by atoms with Crippen molar-refractivity contribution < 1.29 is 19.7 Å². The van der Waals surface area contributed by atoms with Gasteiger partial charge < -0.3 is 29.6 Å². The quantitative estimate of drug-likeness (QED) is 0.549. The molecule has 1 aliphatic heterocycles. The molecule has 0 unspecified atom stereocenters. The second-order valence-electron chi connectivity index (χ2n) is 7.15. The Kier molecular flexibility index (Phi) is 5.46. The summed E-state index contributed by atoms with van der Waals surface area (Å²) in [5.74, 6) is 0.286. The van der Waals surface area contributed by atoms with Crippen molar-refractivity contribution in [3.63, 3.8) is 0 Å². The van der Waals surface area contributed by atoms with Gasteiger partial charge in [-0.2, -0.15) is 0 Å². The van der Waals surface area contributed by atoms with Gasteiger partial charge in [-0.3, -0.25) is 4.90 Å². The van der Waals surface area contributed by atoms with Gasteiger partial charge in [0.15, 0.2) is 11.5 Å². The number of aromatic hydroxyl groups is 2. The molecule has 8 nitrogen and oxygen atoms in total. The molecule has 8 heteroatoms. The van der Waals surface area contributed by atoms with Crippen LogP contribution in [0.25, 0.3) is 22.4 Å². The van der Waals surface area contributed by atoms with Gasteiger partial charge in [0.25, 0.3) is 0 Å². The van der Waals surface area contributed by atoms with E-state index in [1.807, 2.05) is 6.07 Å². The molecule has 2 heterocycles. The van der Waals surface area contributed by atoms with Crippen LogP contribution in [0.3, 0.4) is 0 Å². The first-order valence-corrected chi connectivity index (χ1v) is 9.65. The molecular formula is C21H26N4O4. The van der Waals surface area contributed by atoms with Gasteiger partial charge in [-0.25, -0.2) is 4.98 Å². The minimum atomic E-state index is -0.278. The summed E-state index contributed by atoms with van der Waals surface area (Å²) in [6.07, 6.45) is 0. The summed E-state index contributed by atoms with van der Waals surface area (Å²) in [5, 5.41) is 19.8. The maximum atomic E-state index is 9.95. The summed E-state index contributed by atoms with van der Waals surface area (Å²) in [7, 11) is 3.18. The normalized spacial score (nSPS) is 15.2. The van der Waals surface area contributed by atoms with Crippen LogP contribution in [-0.2, 0) is 4.74 Å². The molecule has 0 atom stereocenters. The Morgan fingerprint density at radius 3 is 2.59 bits per heavy atom. The molecule has 0 saturated carbocycles. The van der Waals surface area contributed by atoms with E-state index in [1.165, 1.54) is 13.2 Å². The van der Waals surface area contributed by atoms with Crippen molar-refractivity contribution in [3.8, 4) is 28.6 Å². The Hall–Kier alpha value is -2.97. The Morgan fingerprint density at radius 1 is 1.07 bits per heavy atom. The van der Waals surface area contributed by atoms with Crippen molar-refractivity contribution in [2.75, 3.05) is 58.5 Å². The molecule has 0 radical (unpaired) electrons. The minimum Gasteiger partial charge on any atom is -0.504 e. The van der Waals surface area contributed by atoms with E-state index in [2.05, 4.69) is 31.9 Å². The predicted octanol–water partition coefficient (Wildman–Crippen LogP) is 2.42. The number of fused-ring (bicyclic) bond motifs is 1. The van der Waals surface area contributed by atoms with Crippen molar-refractivity contribution in [3.05, 3.63) is 30.3 Å². The summed E-state index contributed by atoms with van der Waals surface area (Å²) in [6, 6.07) is 9.32. The second-order valence-corrected chi connectivity index (χ2v) is 7.15. The number of anilines is 1. The van der Waals surface area contributed by atoms with E-state index in [4.69, 9.17) is 9.47 Å². The molecule has 1 aromatic heterocycles. The van der Waals surface area contributed by atoms with Gasteiger partial charge in [-0.1, -0.05) is 0 Å². The maximum absolute atomic E-state index is 9.95. The lowest BCUT2D eigenvalue weighted by Crippen LogP contribution is -2.47. The lowest BCUT2D eigenvalue weighted by molar-refractivity contribution is 0.144. The van der Waals surface area contributed by atoms with E-state index in [-0.39, 0.29) is 17.2 Å². The van der Waals surface area contributed by atoms with E-state index in [1.54, 1.807) is 13.2 Å². The van der Waals surface area contributed by atoms with Crippen LogP contribution in [0, 0.1) is 0 Å². The number of piperazine rings is 1. The van der Waals surface area contributed by atoms with Crippen LogP contribution in [0.5, 0.6) is 17.2 Å². The minimum absolute atomic E-state index is 0.201. The molecule has 3 N–H and O–H groups in total. The largest absolute Gasteiger partial charge is 0.504 e. The number of imidazole rings is 1. The number of nitrogens with one attached hydrogen (secondary N) is 1. The molecular weight excluding hydrogens is 372 g/mol. The number of H-pyrrole nitrogens is 1. The monoisotopic (exact) mass is 398 g/mol. The fourth-order valence-corrected chi connectivity index (χ4v) is 3.66. The highest BCUT2D eigenvalue weighted by molar-refractivity contribution is 5.83. The lowest BCUT2D eigenvalue weighted by Gasteiger charge is -2.35. The number of aromatic amines is 1. The zero-order valence-electron chi connectivity index (χ0n) is 16.7. The molecule has 154 valence electrons. The van der Waals surface area contributed by atoms with E-state index < -0.39 is 0 Å². The zero-order valence-corrected chi connectivity index (χ0v) is 16.7. The third-order valence-electron chi connectivity index (χ3n) is 5.36. The van der Waals surface area contributed by atoms with Crippen molar-refractivity contribution in [1.82, 2.24) is 14.9 Å². The summed E-state index contributed by atoms with van der Waals surface area (Å²) in [5.41, 5.74) is 3.55. The van der Waals surface area contributed by atoms with Crippen molar-refractivity contribution in [1.29, 1.82) is 0 Å². The van der Waals surface area contributed by atoms with E-state index in [9.17, 15) is 10.2 Å². The van der Waals surface area contributed by atoms with Gasteiger partial charge in [-0.05, 0) is 30.3 Å². The highest BCUT2D eigenvalue weighted by atomic mass is 16.5. The number of hydrogen-bond donors (Lipinski definition) is 3. The Morgan fingerprint density at radius 2 is 1.86 bits per heavy atom. The van der Waals surface area contributed by atoms with Crippen LogP contribution >= 0.6 is 0 Å². The number of nitrogens with zero attached hydrogens (tertiary/aromatic N) is 3. The van der Waals surface area contributed by atoms with Crippen LogP contribution in [0.4, 0.5) is 5.69 Å². The number of phenolic OH excluding ortho intramolecular Hbond substituents is 2. The lowest BCUT2D eigenvalue weighted by atomic mass is 10.1. The number of rotatable bonds is 6. The van der Waals surface area contributed by atoms with Gasteiger partial charge in [-0.15, -0.1) is 0 Å². The van der Waals surface area contributed by atoms with Gasteiger partial charge in [0.2, 0.25) is 5.75 Å². The second kappa shape index (κ2) is 8.18. The van der Waals surface area contributed by atoms with Crippen LogP contribution in [0.1, 0.15) is 0 Å². The van der Waals surface area contributed by atoms with Crippen LogP contribution in [0.2, 0.25) is 0 Å². The molecule has 1 fully saturated rings. The first-order chi connectivity index (χ1) is 14.1. The highest BCUT2D eigenvalue weighted by Gasteiger charge is 2.18. The predicted molar refractivity (Wildman–Crippen MR) is 112 cm³/mol. The number of ether oxygens (including phenoxy) is 2. The first kappa shape index (κ1) is 19.4. The molecule has 0 aliphatic carbocycles. The van der Waals surface area contributed by atoms with Crippen LogP contribution in [-0.4, -0.2) is 78.6 Å². The van der Waals surface area contributed by atoms with E-state index in [0.717, 1.165) is 56.1 Å². The third kappa shape index (κ3) is 3.94. The van der Waals surface area contributed by atoms with Gasteiger partial charge in [0, 0.05) is 51.1 Å². The SMILES string of the molecule is COCCN1CCN(c2ccc3[nH]c(-c4cc(O)c(O)c(OC)c4)nc3c2)CC1. The molecule has 0 amide bonds. The van der Waals surface area contributed by atoms with Crippen molar-refractivity contribution >= 4 is 16.7 Å². The number of phenols is 2. The smallest absolute Gasteiger partial charge is 0.200 e. The van der Waals surface area contributed by atoms with Crippen LogP contribution < -0.4 is 9.64 Å². The number of aromatic nitrogens is 2. The fraction of sp³-hybridized carbons (Fsp3) is 0.381. The average molecular weight is 398 g/mol. The summed E-state index contributed by atoms with van der Waals surface area (Å²) >= 11 is 0. The molecule has 29 heavy (non-hydrogen) atoms. The molecule has 3 aromatic rings. The maximum Gasteiger partial charge on any atom is 0.200 e. The summed E-state index contributed by atoms with van der Waals surface area (Å²) in [4.78, 5) is 12.7. The molecule has 4 rings (SSSR count). The van der Waals surface area contributed by atoms with E-state index in [0.29, 0.717) is 11.4 Å². The number of methoxy groups -OCH3 is 2. The first-order valence-electron chi connectivity index (χ1n) is 9.65. The third-order valence-corrected chi connectivity index (χ3v) is 5.36. The van der Waals surface area contributed by atoms with Crippen LogP contribution in [0.15, 0.2) is 30.3 Å². The Balaban J connectivity index is 1.55. The average Bonchev–Trinajstić information content (AvgIpc) is 3.18.